The SMILES string of the molecule is CC(=O)O.CCNc1ncc(F)c(Nc2n[nH]c3c2CN(C(=O)N2C[C@@H](C)N(CCCOC)C[C@@H]2C)C3(C)C)n1. The van der Waals surface area contributed by atoms with Crippen LogP contribution in [0.5, 0.6) is 0 Å². The summed E-state index contributed by atoms with van der Waals surface area (Å²) in [6.07, 6.45) is 2.10. The topological polar surface area (TPSA) is 152 Å². The minimum Gasteiger partial charge on any atom is -0.481 e. The number of aliphatic carboxylic acids is 1. The summed E-state index contributed by atoms with van der Waals surface area (Å²) >= 11 is 0. The van der Waals surface area contributed by atoms with Crippen LogP contribution in [0.25, 0.3) is 0 Å². The molecule has 0 spiro atoms. The second-order valence-electron chi connectivity index (χ2n) is 10.6. The highest BCUT2D eigenvalue weighted by Crippen LogP contribution is 2.42. The van der Waals surface area contributed by atoms with Crippen LogP contribution in [-0.2, 0) is 21.6 Å². The van der Waals surface area contributed by atoms with Crippen molar-refractivity contribution in [3.05, 3.63) is 23.3 Å². The number of halogens is 1. The number of H-pyrrole nitrogens is 1. The van der Waals surface area contributed by atoms with Crippen molar-refractivity contribution >= 4 is 29.6 Å². The van der Waals surface area contributed by atoms with Crippen molar-refractivity contribution in [3.63, 3.8) is 0 Å². The van der Waals surface area contributed by atoms with Crippen LogP contribution in [0.4, 0.5) is 26.8 Å². The minimum absolute atomic E-state index is 0.00547. The zero-order chi connectivity index (χ0) is 29.6. The van der Waals surface area contributed by atoms with E-state index in [-0.39, 0.29) is 23.9 Å². The molecular formula is C26H42FN9O4. The monoisotopic (exact) mass is 563 g/mol. The number of piperazine rings is 1. The Labute approximate surface area is 234 Å². The molecule has 1 fully saturated rings. The van der Waals surface area contributed by atoms with Crippen molar-refractivity contribution in [3.8, 4) is 0 Å². The molecule has 4 N–H and O–H groups in total. The standard InChI is InChI=1S/C24H38FN9O2.C2H4O2/c1-7-26-22-27-11-18(25)21(29-22)28-20-17-14-34(24(4,5)19(17)30-31-20)23(35)33-13-15(2)32(12-16(33)3)9-8-10-36-6;1-2(3)4/h11,15-16H,7-10,12-14H2,1-6H3,(H3,26,27,28,29,30,31);1H3,(H,3,4)/t15-,16+;/m1./s1. The van der Waals surface area contributed by atoms with Crippen LogP contribution in [-0.4, -0.2) is 104 Å². The van der Waals surface area contributed by atoms with Crippen molar-refractivity contribution < 1.29 is 23.8 Å². The Hall–Kier alpha value is -3.52. The van der Waals surface area contributed by atoms with Gasteiger partial charge in [-0.25, -0.2) is 14.2 Å². The largest absolute Gasteiger partial charge is 0.481 e. The lowest BCUT2D eigenvalue weighted by Crippen LogP contribution is -2.61. The average molecular weight is 564 g/mol. The summed E-state index contributed by atoms with van der Waals surface area (Å²) in [5.41, 5.74) is 1.06. The Morgan fingerprint density at radius 1 is 1.25 bits per heavy atom. The molecule has 1 saturated heterocycles. The molecule has 0 bridgehead atoms. The second-order valence-corrected chi connectivity index (χ2v) is 10.6. The van der Waals surface area contributed by atoms with E-state index in [0.717, 1.165) is 50.5 Å². The molecule has 0 aliphatic carbocycles. The first kappa shape index (κ1) is 31.0. The van der Waals surface area contributed by atoms with Gasteiger partial charge in [0, 0.05) is 64.5 Å². The number of anilines is 3. The van der Waals surface area contributed by atoms with E-state index in [1.807, 2.05) is 30.6 Å². The van der Waals surface area contributed by atoms with Crippen molar-refractivity contribution in [2.24, 2.45) is 0 Å². The fourth-order valence-electron chi connectivity index (χ4n) is 5.08. The van der Waals surface area contributed by atoms with Gasteiger partial charge in [-0.3, -0.25) is 14.8 Å². The zero-order valence-electron chi connectivity index (χ0n) is 24.4. The fourth-order valence-corrected chi connectivity index (χ4v) is 5.08. The molecule has 2 aromatic rings. The predicted molar refractivity (Wildman–Crippen MR) is 149 cm³/mol. The van der Waals surface area contributed by atoms with E-state index >= 15 is 0 Å². The smallest absolute Gasteiger partial charge is 0.321 e. The molecule has 40 heavy (non-hydrogen) atoms. The molecule has 13 nitrogen and oxygen atoms in total. The summed E-state index contributed by atoms with van der Waals surface area (Å²) in [6, 6.07) is 0.339. The van der Waals surface area contributed by atoms with Crippen LogP contribution < -0.4 is 10.6 Å². The van der Waals surface area contributed by atoms with Crippen LogP contribution in [0.3, 0.4) is 0 Å². The first-order valence-electron chi connectivity index (χ1n) is 13.5. The van der Waals surface area contributed by atoms with Gasteiger partial charge in [0.15, 0.2) is 17.5 Å². The summed E-state index contributed by atoms with van der Waals surface area (Å²) in [5, 5.41) is 20.8. The normalized spacial score (nSPS) is 20.0. The number of aromatic amines is 1. The first-order valence-corrected chi connectivity index (χ1v) is 13.5. The van der Waals surface area contributed by atoms with Gasteiger partial charge in [0.1, 0.15) is 0 Å². The van der Waals surface area contributed by atoms with Crippen molar-refractivity contribution in [1.82, 2.24) is 34.9 Å². The maximum Gasteiger partial charge on any atom is 0.321 e. The third-order valence-corrected chi connectivity index (χ3v) is 7.17. The summed E-state index contributed by atoms with van der Waals surface area (Å²) in [6.45, 7) is 15.4. The molecule has 0 saturated carbocycles. The van der Waals surface area contributed by atoms with Crippen molar-refractivity contribution in [2.45, 2.75) is 72.1 Å². The third-order valence-electron chi connectivity index (χ3n) is 7.17. The fraction of sp³-hybridized carbons (Fsp3) is 0.654. The molecule has 4 rings (SSSR count). The lowest BCUT2D eigenvalue weighted by Gasteiger charge is -2.46. The predicted octanol–water partition coefficient (Wildman–Crippen LogP) is 3.21. The molecule has 0 unspecified atom stereocenters. The van der Waals surface area contributed by atoms with Gasteiger partial charge in [-0.15, -0.1) is 0 Å². The van der Waals surface area contributed by atoms with Crippen LogP contribution in [0.1, 0.15) is 59.2 Å². The van der Waals surface area contributed by atoms with Crippen molar-refractivity contribution in [2.75, 3.05) is 50.5 Å². The molecule has 14 heteroatoms. The number of carbonyl (C=O) groups excluding carboxylic acids is 1. The Balaban J connectivity index is 0.00000103. The molecule has 2 aromatic heterocycles. The maximum absolute atomic E-state index is 14.4. The number of nitrogens with zero attached hydrogens (tertiary/aromatic N) is 6. The number of carbonyl (C=O) groups is 2. The molecular weight excluding hydrogens is 521 g/mol. The number of hydrogen-bond donors (Lipinski definition) is 4. The third kappa shape index (κ3) is 6.97. The van der Waals surface area contributed by atoms with E-state index in [0.29, 0.717) is 31.4 Å². The van der Waals surface area contributed by atoms with Crippen LogP contribution in [0.15, 0.2) is 6.20 Å². The number of nitrogens with one attached hydrogen (secondary N) is 3. The number of fused-ring (bicyclic) bond motifs is 1. The number of methoxy groups -OCH3 is 1. The van der Waals surface area contributed by atoms with E-state index in [1.54, 1.807) is 7.11 Å². The highest BCUT2D eigenvalue weighted by molar-refractivity contribution is 5.78. The van der Waals surface area contributed by atoms with Gasteiger partial charge in [0.25, 0.3) is 5.97 Å². The molecule has 2 aliphatic rings. The maximum atomic E-state index is 14.4. The average Bonchev–Trinajstić information content (AvgIpc) is 3.40. The number of ether oxygens (including phenoxy) is 1. The van der Waals surface area contributed by atoms with Gasteiger partial charge >= 0.3 is 6.03 Å². The summed E-state index contributed by atoms with van der Waals surface area (Å²) < 4.78 is 19.6. The Kier molecular flexibility index (Phi) is 10.3. The highest BCUT2D eigenvalue weighted by atomic mass is 19.1. The number of carboxylic acid groups (broad SMARTS) is 1. The Bertz CT molecular complexity index is 1170. The van der Waals surface area contributed by atoms with Crippen molar-refractivity contribution in [1.29, 1.82) is 0 Å². The number of urea groups is 1. The van der Waals surface area contributed by atoms with E-state index in [2.05, 4.69) is 49.5 Å². The van der Waals surface area contributed by atoms with Gasteiger partial charge in [-0.05, 0) is 41.0 Å². The lowest BCUT2D eigenvalue weighted by molar-refractivity contribution is -0.134. The highest BCUT2D eigenvalue weighted by Gasteiger charge is 2.46. The van der Waals surface area contributed by atoms with Gasteiger partial charge in [0.2, 0.25) is 5.95 Å². The molecule has 0 radical (unpaired) electrons. The van der Waals surface area contributed by atoms with E-state index in [1.165, 1.54) is 0 Å². The van der Waals surface area contributed by atoms with E-state index in [4.69, 9.17) is 14.6 Å². The van der Waals surface area contributed by atoms with Crippen LogP contribution in [0.2, 0.25) is 0 Å². The summed E-state index contributed by atoms with van der Waals surface area (Å²) in [7, 11) is 1.72. The van der Waals surface area contributed by atoms with Crippen LogP contribution >= 0.6 is 0 Å². The van der Waals surface area contributed by atoms with Gasteiger partial charge in [0.05, 0.1) is 24.0 Å². The number of rotatable bonds is 8. The number of aromatic nitrogens is 4. The van der Waals surface area contributed by atoms with Crippen LogP contribution in [0, 0.1) is 5.82 Å². The summed E-state index contributed by atoms with van der Waals surface area (Å²) in [5.74, 6) is -0.595. The molecule has 2 aliphatic heterocycles. The molecule has 4 heterocycles. The Morgan fingerprint density at radius 3 is 2.60 bits per heavy atom. The first-order chi connectivity index (χ1) is 18.9. The second kappa shape index (κ2) is 13.2. The van der Waals surface area contributed by atoms with Gasteiger partial charge in [-0.1, -0.05) is 0 Å². The molecule has 2 atom stereocenters. The number of hydrogen-bond acceptors (Lipinski definition) is 9. The lowest BCUT2D eigenvalue weighted by atomic mass is 10.0. The van der Waals surface area contributed by atoms with E-state index in [9.17, 15) is 9.18 Å². The quantitative estimate of drug-likeness (QED) is 0.352. The van der Waals surface area contributed by atoms with Gasteiger partial charge in [-0.2, -0.15) is 10.1 Å². The van der Waals surface area contributed by atoms with E-state index < -0.39 is 17.3 Å². The summed E-state index contributed by atoms with van der Waals surface area (Å²) in [4.78, 5) is 37.2. The Morgan fingerprint density at radius 2 is 1.95 bits per heavy atom. The zero-order valence-corrected chi connectivity index (χ0v) is 24.4. The molecule has 222 valence electrons. The minimum atomic E-state index is -0.833. The number of carboxylic acids is 1. The molecule has 0 aromatic carbocycles. The molecule has 2 amide bonds. The number of amides is 2. The van der Waals surface area contributed by atoms with Gasteiger partial charge < -0.3 is 30.3 Å².